The minimum atomic E-state index is -0.342. The second kappa shape index (κ2) is 7.14. The molecule has 3 rings (SSSR count). The largest absolute Gasteiger partial charge is 0.459 e. The smallest absolute Gasteiger partial charge is 0.291 e. The lowest BCUT2D eigenvalue weighted by Gasteiger charge is -2.08. The van der Waals surface area contributed by atoms with E-state index in [4.69, 9.17) is 4.42 Å². The number of hydrogen-bond acceptors (Lipinski definition) is 4. The van der Waals surface area contributed by atoms with Crippen LogP contribution in [0.5, 0.6) is 0 Å². The highest BCUT2D eigenvalue weighted by Gasteiger charge is 2.14. The van der Waals surface area contributed by atoms with Crippen LogP contribution in [0.3, 0.4) is 0 Å². The van der Waals surface area contributed by atoms with E-state index in [-0.39, 0.29) is 17.6 Å². The Morgan fingerprint density at radius 3 is 2.58 bits per heavy atom. The van der Waals surface area contributed by atoms with Gasteiger partial charge in [-0.15, -0.1) is 11.3 Å². The number of nitrogens with one attached hydrogen (secondary N) is 2. The minimum Gasteiger partial charge on any atom is -0.459 e. The third kappa shape index (κ3) is 3.55. The van der Waals surface area contributed by atoms with Crippen LogP contribution >= 0.6 is 11.3 Å². The zero-order valence-electron chi connectivity index (χ0n) is 13.0. The quantitative estimate of drug-likeness (QED) is 0.723. The highest BCUT2D eigenvalue weighted by atomic mass is 32.1. The van der Waals surface area contributed by atoms with Crippen LogP contribution in [0.2, 0.25) is 0 Å². The number of furan rings is 1. The van der Waals surface area contributed by atoms with Gasteiger partial charge in [0.05, 0.1) is 16.1 Å². The van der Waals surface area contributed by atoms with E-state index in [1.807, 2.05) is 31.2 Å². The van der Waals surface area contributed by atoms with Crippen LogP contribution in [0.25, 0.3) is 0 Å². The molecule has 2 amide bonds. The van der Waals surface area contributed by atoms with Gasteiger partial charge in [-0.3, -0.25) is 9.59 Å². The second-order valence-corrected chi connectivity index (χ2v) is 6.14. The predicted octanol–water partition coefficient (Wildman–Crippen LogP) is 4.41. The predicted molar refractivity (Wildman–Crippen MR) is 94.8 cm³/mol. The zero-order valence-corrected chi connectivity index (χ0v) is 13.9. The highest BCUT2D eigenvalue weighted by Crippen LogP contribution is 2.24. The van der Waals surface area contributed by atoms with E-state index >= 15 is 0 Å². The summed E-state index contributed by atoms with van der Waals surface area (Å²) in [6.07, 6.45) is 2.28. The number of amides is 2. The van der Waals surface area contributed by atoms with Crippen LogP contribution < -0.4 is 10.6 Å². The molecule has 0 fully saturated rings. The standard InChI is InChI=1S/C18H16N2O3S/c1-2-12-6-3-4-7-13(12)19-18(22)15-9-10-16(24-15)20-17(21)14-8-5-11-23-14/h3-11H,2H2,1H3,(H,19,22)(H,20,21). The van der Waals surface area contributed by atoms with Gasteiger partial charge in [0.1, 0.15) is 0 Å². The van der Waals surface area contributed by atoms with E-state index < -0.39 is 0 Å². The van der Waals surface area contributed by atoms with Crippen molar-refractivity contribution < 1.29 is 14.0 Å². The fraction of sp³-hybridized carbons (Fsp3) is 0.111. The molecule has 6 heteroatoms. The Kier molecular flexibility index (Phi) is 4.77. The fourth-order valence-electron chi connectivity index (χ4n) is 2.24. The van der Waals surface area contributed by atoms with Gasteiger partial charge in [0.2, 0.25) is 0 Å². The van der Waals surface area contributed by atoms with Gasteiger partial charge < -0.3 is 15.1 Å². The van der Waals surface area contributed by atoms with Crippen LogP contribution in [0.1, 0.15) is 32.7 Å². The van der Waals surface area contributed by atoms with Crippen molar-refractivity contribution in [3.05, 3.63) is 71.0 Å². The summed E-state index contributed by atoms with van der Waals surface area (Å²) in [6.45, 7) is 2.04. The van der Waals surface area contributed by atoms with Gasteiger partial charge in [-0.05, 0) is 42.3 Å². The number of aryl methyl sites for hydroxylation is 1. The Morgan fingerprint density at radius 2 is 1.83 bits per heavy atom. The first-order valence-electron chi connectivity index (χ1n) is 7.51. The first kappa shape index (κ1) is 16.0. The van der Waals surface area contributed by atoms with Gasteiger partial charge >= 0.3 is 0 Å². The monoisotopic (exact) mass is 340 g/mol. The van der Waals surface area contributed by atoms with E-state index in [2.05, 4.69) is 10.6 Å². The topological polar surface area (TPSA) is 71.3 Å². The normalized spacial score (nSPS) is 10.4. The fourth-order valence-corrected chi connectivity index (χ4v) is 3.04. The van der Waals surface area contributed by atoms with Crippen molar-refractivity contribution in [1.82, 2.24) is 0 Å². The molecule has 2 N–H and O–H groups in total. The molecule has 0 saturated carbocycles. The van der Waals surface area contributed by atoms with Crippen molar-refractivity contribution in [2.75, 3.05) is 10.6 Å². The van der Waals surface area contributed by atoms with Crippen LogP contribution in [-0.2, 0) is 6.42 Å². The summed E-state index contributed by atoms with van der Waals surface area (Å²) < 4.78 is 5.04. The molecule has 0 radical (unpaired) electrons. The van der Waals surface area contributed by atoms with Crippen molar-refractivity contribution in [2.45, 2.75) is 13.3 Å². The van der Waals surface area contributed by atoms with E-state index in [0.29, 0.717) is 9.88 Å². The number of carbonyl (C=O) groups is 2. The number of anilines is 2. The number of benzene rings is 1. The molecule has 0 bridgehead atoms. The van der Waals surface area contributed by atoms with Gasteiger partial charge in [0.25, 0.3) is 11.8 Å². The van der Waals surface area contributed by atoms with E-state index in [9.17, 15) is 9.59 Å². The minimum absolute atomic E-state index is 0.195. The SMILES string of the molecule is CCc1ccccc1NC(=O)c1ccc(NC(=O)c2ccco2)s1. The summed E-state index contributed by atoms with van der Waals surface area (Å²) in [5.41, 5.74) is 1.88. The van der Waals surface area contributed by atoms with Crippen LogP contribution in [0, 0.1) is 0 Å². The molecule has 3 aromatic rings. The van der Waals surface area contributed by atoms with E-state index in [1.54, 1.807) is 24.3 Å². The van der Waals surface area contributed by atoms with Crippen molar-refractivity contribution in [3.8, 4) is 0 Å². The Hall–Kier alpha value is -2.86. The molecule has 0 unspecified atom stereocenters. The van der Waals surface area contributed by atoms with Gasteiger partial charge in [0.15, 0.2) is 5.76 Å². The molecule has 122 valence electrons. The summed E-state index contributed by atoms with van der Waals surface area (Å²) >= 11 is 1.21. The molecular weight excluding hydrogens is 324 g/mol. The van der Waals surface area contributed by atoms with E-state index in [1.165, 1.54) is 17.6 Å². The maximum atomic E-state index is 12.4. The molecule has 0 spiro atoms. The van der Waals surface area contributed by atoms with Crippen LogP contribution in [0.15, 0.2) is 59.2 Å². The first-order valence-corrected chi connectivity index (χ1v) is 8.33. The molecule has 0 aliphatic carbocycles. The molecule has 1 aromatic carbocycles. The summed E-state index contributed by atoms with van der Waals surface area (Å²) in [5, 5.41) is 6.21. The molecule has 2 aromatic heterocycles. The molecule has 0 atom stereocenters. The lowest BCUT2D eigenvalue weighted by molar-refractivity contribution is 0.0995. The number of rotatable bonds is 5. The van der Waals surface area contributed by atoms with E-state index in [0.717, 1.165) is 17.7 Å². The maximum Gasteiger partial charge on any atom is 0.291 e. The number of hydrogen-bond donors (Lipinski definition) is 2. The third-order valence-electron chi connectivity index (χ3n) is 3.46. The summed E-state index contributed by atoms with van der Waals surface area (Å²) in [4.78, 5) is 24.8. The molecule has 5 nitrogen and oxygen atoms in total. The third-order valence-corrected chi connectivity index (χ3v) is 4.46. The van der Waals surface area contributed by atoms with Gasteiger partial charge in [-0.25, -0.2) is 0 Å². The highest BCUT2D eigenvalue weighted by molar-refractivity contribution is 7.18. The Bertz CT molecular complexity index is 853. The lowest BCUT2D eigenvalue weighted by atomic mass is 10.1. The van der Waals surface area contributed by atoms with Crippen molar-refractivity contribution in [2.24, 2.45) is 0 Å². The van der Waals surface area contributed by atoms with Gasteiger partial charge in [-0.2, -0.15) is 0 Å². The van der Waals surface area contributed by atoms with Crippen molar-refractivity contribution in [1.29, 1.82) is 0 Å². The summed E-state index contributed by atoms with van der Waals surface area (Å²) in [5.74, 6) is -0.309. The number of para-hydroxylation sites is 1. The maximum absolute atomic E-state index is 12.4. The zero-order chi connectivity index (χ0) is 16.9. The molecular formula is C18H16N2O3S. The van der Waals surface area contributed by atoms with Gasteiger partial charge in [0, 0.05) is 5.69 Å². The molecule has 0 aliphatic rings. The van der Waals surface area contributed by atoms with Crippen molar-refractivity contribution >= 4 is 33.8 Å². The average molecular weight is 340 g/mol. The first-order chi connectivity index (χ1) is 11.7. The van der Waals surface area contributed by atoms with Crippen LogP contribution in [-0.4, -0.2) is 11.8 Å². The Morgan fingerprint density at radius 1 is 1.00 bits per heavy atom. The average Bonchev–Trinajstić information content (AvgIpc) is 3.27. The van der Waals surface area contributed by atoms with Crippen molar-refractivity contribution in [3.63, 3.8) is 0 Å². The summed E-state index contributed by atoms with van der Waals surface area (Å²) in [6, 6.07) is 14.3. The van der Waals surface area contributed by atoms with Crippen LogP contribution in [0.4, 0.5) is 10.7 Å². The Balaban J connectivity index is 1.68. The number of thiophene rings is 1. The second-order valence-electron chi connectivity index (χ2n) is 5.06. The van der Waals surface area contributed by atoms with Gasteiger partial charge in [-0.1, -0.05) is 25.1 Å². The molecule has 2 heterocycles. The lowest BCUT2D eigenvalue weighted by Crippen LogP contribution is -2.11. The molecule has 0 saturated heterocycles. The Labute approximate surface area is 143 Å². The summed E-state index contributed by atoms with van der Waals surface area (Å²) in [7, 11) is 0. The molecule has 0 aliphatic heterocycles. The molecule has 24 heavy (non-hydrogen) atoms. The number of carbonyl (C=O) groups excluding carboxylic acids is 2.